The van der Waals surface area contributed by atoms with E-state index >= 15 is 0 Å². The third-order valence-electron chi connectivity index (χ3n) is 6.29. The molecule has 1 amide bonds. The first-order valence-corrected chi connectivity index (χ1v) is 13.1. The number of halogens is 2. The maximum atomic E-state index is 11.4. The minimum Gasteiger partial charge on any atom is -0.495 e. The van der Waals surface area contributed by atoms with Gasteiger partial charge < -0.3 is 25.1 Å². The van der Waals surface area contributed by atoms with Gasteiger partial charge in [-0.15, -0.1) is 0 Å². The minimum absolute atomic E-state index is 0.0361. The van der Waals surface area contributed by atoms with Gasteiger partial charge in [0.1, 0.15) is 22.7 Å². The Morgan fingerprint density at radius 2 is 1.61 bits per heavy atom. The second kappa shape index (κ2) is 13.6. The number of pyridine rings is 1. The third-order valence-corrected chi connectivity index (χ3v) is 7.04. The third kappa shape index (κ3) is 6.83. The normalized spacial score (nSPS) is 13.3. The van der Waals surface area contributed by atoms with E-state index < -0.39 is 11.9 Å². The predicted octanol–water partition coefficient (Wildman–Crippen LogP) is 4.33. The highest BCUT2D eigenvalue weighted by Crippen LogP contribution is 2.47. The van der Waals surface area contributed by atoms with Crippen LogP contribution in [0.3, 0.4) is 0 Å². The Bertz CT molecular complexity index is 1530. The van der Waals surface area contributed by atoms with Crippen molar-refractivity contribution in [2.45, 2.75) is 6.54 Å². The molecule has 13 heteroatoms. The average Bonchev–Trinajstić information content (AvgIpc) is 2.98. The van der Waals surface area contributed by atoms with Crippen molar-refractivity contribution in [3.63, 3.8) is 0 Å². The number of amides is 1. The summed E-state index contributed by atoms with van der Waals surface area (Å²) in [6.07, 6.45) is 4.60. The lowest BCUT2D eigenvalue weighted by molar-refractivity contribution is 0.0341. The molecule has 0 bridgehead atoms. The van der Waals surface area contributed by atoms with Gasteiger partial charge in [0, 0.05) is 55.4 Å². The Labute approximate surface area is 245 Å². The highest BCUT2D eigenvalue weighted by Gasteiger charge is 2.23. The summed E-state index contributed by atoms with van der Waals surface area (Å²) in [5.74, 6) is -0.843. The van der Waals surface area contributed by atoms with Gasteiger partial charge in [0.05, 0.1) is 48.6 Å². The number of carbonyl (C=O) groups excluding carboxylic acids is 1. The summed E-state index contributed by atoms with van der Waals surface area (Å²) in [6.45, 7) is 4.30. The number of ether oxygens (including phenoxy) is 3. The Morgan fingerprint density at radius 3 is 2.15 bits per heavy atom. The number of primary amides is 1. The average molecular weight is 600 g/mol. The van der Waals surface area contributed by atoms with Gasteiger partial charge in [-0.05, 0) is 17.7 Å². The van der Waals surface area contributed by atoms with E-state index in [1.807, 2.05) is 6.07 Å². The molecule has 0 unspecified atom stereocenters. The Balaban J connectivity index is 0.000000208. The lowest BCUT2D eigenvalue weighted by atomic mass is 10.00. The molecule has 11 nitrogen and oxygen atoms in total. The quantitative estimate of drug-likeness (QED) is 0.314. The molecular formula is C28H27Cl2N5O6. The zero-order valence-electron chi connectivity index (χ0n) is 22.3. The van der Waals surface area contributed by atoms with Crippen molar-refractivity contribution in [2.75, 3.05) is 40.5 Å². The number of nitrogens with two attached hydrogens (primary N) is 1. The Kier molecular flexibility index (Phi) is 9.90. The van der Waals surface area contributed by atoms with Crippen LogP contribution < -0.4 is 15.2 Å². The second-order valence-corrected chi connectivity index (χ2v) is 9.56. The van der Waals surface area contributed by atoms with Crippen molar-refractivity contribution in [1.29, 1.82) is 0 Å². The van der Waals surface area contributed by atoms with E-state index in [9.17, 15) is 14.7 Å². The zero-order chi connectivity index (χ0) is 29.5. The van der Waals surface area contributed by atoms with Gasteiger partial charge in [0.2, 0.25) is 0 Å². The summed E-state index contributed by atoms with van der Waals surface area (Å²) in [5, 5.41) is 9.89. The van der Waals surface area contributed by atoms with Crippen LogP contribution in [0, 0.1) is 0 Å². The molecule has 1 saturated heterocycles. The van der Waals surface area contributed by atoms with E-state index in [4.69, 9.17) is 43.1 Å². The van der Waals surface area contributed by atoms with Crippen molar-refractivity contribution in [1.82, 2.24) is 19.9 Å². The number of hydrogen-bond acceptors (Lipinski definition) is 9. The van der Waals surface area contributed by atoms with E-state index in [-0.39, 0.29) is 21.1 Å². The van der Waals surface area contributed by atoms with Crippen LogP contribution in [-0.4, -0.2) is 77.4 Å². The van der Waals surface area contributed by atoms with Crippen molar-refractivity contribution < 1.29 is 28.9 Å². The molecule has 0 spiro atoms. The van der Waals surface area contributed by atoms with Gasteiger partial charge in [-0.25, -0.2) is 4.79 Å². The van der Waals surface area contributed by atoms with Crippen LogP contribution in [0.15, 0.2) is 48.9 Å². The van der Waals surface area contributed by atoms with Crippen LogP contribution in [0.5, 0.6) is 11.5 Å². The van der Waals surface area contributed by atoms with Crippen molar-refractivity contribution in [3.05, 3.63) is 75.8 Å². The van der Waals surface area contributed by atoms with Crippen LogP contribution in [0.2, 0.25) is 10.0 Å². The number of carboxylic acid groups (broad SMARTS) is 1. The minimum atomic E-state index is -1.10. The molecule has 1 fully saturated rings. The van der Waals surface area contributed by atoms with Gasteiger partial charge >= 0.3 is 5.97 Å². The topological polar surface area (TPSA) is 150 Å². The first-order chi connectivity index (χ1) is 19.7. The summed E-state index contributed by atoms with van der Waals surface area (Å²) >= 11 is 12.9. The van der Waals surface area contributed by atoms with Crippen LogP contribution in [-0.2, 0) is 11.3 Å². The second-order valence-electron chi connectivity index (χ2n) is 8.81. The van der Waals surface area contributed by atoms with Gasteiger partial charge in [-0.1, -0.05) is 35.3 Å². The predicted molar refractivity (Wildman–Crippen MR) is 154 cm³/mol. The molecule has 214 valence electrons. The molecule has 0 atom stereocenters. The number of rotatable bonds is 7. The van der Waals surface area contributed by atoms with E-state index in [1.165, 1.54) is 32.7 Å². The molecule has 41 heavy (non-hydrogen) atoms. The molecule has 3 N–H and O–H groups in total. The fraction of sp³-hybridized carbons (Fsp3) is 0.250. The monoisotopic (exact) mass is 599 g/mol. The smallest absolute Gasteiger partial charge is 0.337 e. The summed E-state index contributed by atoms with van der Waals surface area (Å²) in [6, 6.07) is 8.16. The molecule has 0 radical (unpaired) electrons. The molecule has 2 aromatic heterocycles. The molecule has 1 aliphatic rings. The maximum absolute atomic E-state index is 11.4. The summed E-state index contributed by atoms with van der Waals surface area (Å²) in [7, 11) is 2.95. The molecule has 0 saturated carbocycles. The van der Waals surface area contributed by atoms with Crippen LogP contribution >= 0.6 is 23.2 Å². The summed E-state index contributed by atoms with van der Waals surface area (Å²) < 4.78 is 15.8. The zero-order valence-corrected chi connectivity index (χ0v) is 23.8. The molecule has 5 rings (SSSR count). The standard InChI is InChI=1S/C17H12Cl2N2O4.C11H15N3O2/c1-24-10-7-11(25-2)14(19)12(13(10)18)8-3-4-9(17(22)23)16-15(8)20-5-6-21-16;12-11(15)10-2-1-9(7-13-10)8-14-3-5-16-6-4-14/h3-7H,1-2H3,(H,22,23);1-2,7H,3-6,8H2,(H2,12,15). The Hall–Kier alpha value is -4.03. The lowest BCUT2D eigenvalue weighted by Crippen LogP contribution is -2.35. The highest BCUT2D eigenvalue weighted by molar-refractivity contribution is 6.41. The van der Waals surface area contributed by atoms with Gasteiger partial charge in [0.15, 0.2) is 0 Å². The summed E-state index contributed by atoms with van der Waals surface area (Å²) in [4.78, 5) is 37.0. The van der Waals surface area contributed by atoms with Crippen molar-refractivity contribution >= 4 is 46.1 Å². The molecular weight excluding hydrogens is 573 g/mol. The van der Waals surface area contributed by atoms with Crippen LogP contribution in [0.4, 0.5) is 0 Å². The fourth-order valence-electron chi connectivity index (χ4n) is 4.23. The van der Waals surface area contributed by atoms with Crippen molar-refractivity contribution in [2.24, 2.45) is 5.73 Å². The van der Waals surface area contributed by atoms with E-state index in [2.05, 4.69) is 19.9 Å². The number of nitrogens with zero attached hydrogens (tertiary/aromatic N) is 4. The number of morpholine rings is 1. The lowest BCUT2D eigenvalue weighted by Gasteiger charge is -2.26. The first kappa shape index (κ1) is 29.9. The maximum Gasteiger partial charge on any atom is 0.337 e. The molecule has 1 aliphatic heterocycles. The largest absolute Gasteiger partial charge is 0.495 e. The van der Waals surface area contributed by atoms with Crippen molar-refractivity contribution in [3.8, 4) is 22.6 Å². The number of aromatic carboxylic acids is 1. The van der Waals surface area contributed by atoms with Crippen LogP contribution in [0.1, 0.15) is 26.4 Å². The molecule has 4 aromatic rings. The first-order valence-electron chi connectivity index (χ1n) is 12.4. The van der Waals surface area contributed by atoms with Crippen LogP contribution in [0.25, 0.3) is 22.2 Å². The number of carbonyl (C=O) groups is 2. The molecule has 0 aliphatic carbocycles. The number of benzene rings is 2. The van der Waals surface area contributed by atoms with E-state index in [1.54, 1.807) is 24.4 Å². The number of fused-ring (bicyclic) bond motifs is 1. The molecule has 2 aromatic carbocycles. The number of carboxylic acids is 1. The van der Waals surface area contributed by atoms with E-state index in [0.29, 0.717) is 33.8 Å². The number of aromatic nitrogens is 3. The highest BCUT2D eigenvalue weighted by atomic mass is 35.5. The van der Waals surface area contributed by atoms with E-state index in [0.717, 1.165) is 38.4 Å². The van der Waals surface area contributed by atoms with Gasteiger partial charge in [0.25, 0.3) is 5.91 Å². The Morgan fingerprint density at radius 1 is 0.976 bits per heavy atom. The number of methoxy groups -OCH3 is 2. The number of hydrogen-bond donors (Lipinski definition) is 2. The fourth-order valence-corrected chi connectivity index (χ4v) is 4.94. The molecule has 3 heterocycles. The van der Waals surface area contributed by atoms with Gasteiger partial charge in [-0.2, -0.15) is 0 Å². The van der Waals surface area contributed by atoms with Gasteiger partial charge in [-0.3, -0.25) is 24.6 Å². The SMILES string of the molecule is COc1cc(OC)c(Cl)c(-c2ccc(C(=O)O)c3nccnc23)c1Cl.NC(=O)c1ccc(CN2CCOCC2)cn1. The summed E-state index contributed by atoms with van der Waals surface area (Å²) in [5.41, 5.74) is 8.12.